The standard InChI is InChI=1S/C10H12BrClN2O.ClH/c1-13-5-4-10(15)14-7-2-3-9(12)8(11)6-7;/h2-3,6,13H,4-5H2,1H3,(H,14,15);1H. The zero-order valence-corrected chi connectivity index (χ0v) is 11.9. The number of amides is 1. The Morgan fingerprint density at radius 2 is 2.19 bits per heavy atom. The summed E-state index contributed by atoms with van der Waals surface area (Å²) in [6.07, 6.45) is 0.455. The minimum Gasteiger partial charge on any atom is -0.326 e. The van der Waals surface area contributed by atoms with Gasteiger partial charge in [0.2, 0.25) is 5.91 Å². The molecular weight excluding hydrogens is 315 g/mol. The Labute approximate surface area is 114 Å². The fraction of sp³-hybridized carbons (Fsp3) is 0.300. The van der Waals surface area contributed by atoms with Gasteiger partial charge in [-0.25, -0.2) is 0 Å². The number of benzene rings is 1. The van der Waals surface area contributed by atoms with Crippen molar-refractivity contribution in [2.75, 3.05) is 18.9 Å². The molecule has 90 valence electrons. The molecule has 0 aromatic heterocycles. The molecule has 1 rings (SSSR count). The maximum absolute atomic E-state index is 11.4. The number of hydrogen-bond donors (Lipinski definition) is 2. The highest BCUT2D eigenvalue weighted by Gasteiger charge is 2.03. The predicted molar refractivity (Wildman–Crippen MR) is 73.6 cm³/mol. The van der Waals surface area contributed by atoms with Gasteiger partial charge in [0.15, 0.2) is 0 Å². The molecular formula is C10H13BrCl2N2O. The molecule has 0 spiro atoms. The third-order valence-corrected chi connectivity index (χ3v) is 3.02. The van der Waals surface area contributed by atoms with Crippen molar-refractivity contribution in [3.05, 3.63) is 27.7 Å². The van der Waals surface area contributed by atoms with E-state index in [1.54, 1.807) is 18.2 Å². The van der Waals surface area contributed by atoms with Crippen LogP contribution in [0.3, 0.4) is 0 Å². The van der Waals surface area contributed by atoms with Gasteiger partial charge >= 0.3 is 0 Å². The molecule has 1 aromatic carbocycles. The van der Waals surface area contributed by atoms with Crippen LogP contribution in [0.2, 0.25) is 5.02 Å². The fourth-order valence-corrected chi connectivity index (χ4v) is 1.53. The predicted octanol–water partition coefficient (Wildman–Crippen LogP) is 3.07. The van der Waals surface area contributed by atoms with E-state index >= 15 is 0 Å². The molecule has 2 N–H and O–H groups in total. The van der Waals surface area contributed by atoms with Crippen LogP contribution in [0.5, 0.6) is 0 Å². The molecule has 3 nitrogen and oxygen atoms in total. The van der Waals surface area contributed by atoms with Crippen molar-refractivity contribution < 1.29 is 4.79 Å². The quantitative estimate of drug-likeness (QED) is 0.892. The number of carbonyl (C=O) groups excluding carboxylic acids is 1. The number of anilines is 1. The molecule has 6 heteroatoms. The summed E-state index contributed by atoms with van der Waals surface area (Å²) < 4.78 is 0.774. The second-order valence-corrected chi connectivity index (χ2v) is 4.29. The van der Waals surface area contributed by atoms with Crippen molar-refractivity contribution in [3.63, 3.8) is 0 Å². The Morgan fingerprint density at radius 1 is 1.50 bits per heavy atom. The highest BCUT2D eigenvalue weighted by Crippen LogP contribution is 2.25. The molecule has 0 atom stereocenters. The van der Waals surface area contributed by atoms with E-state index in [-0.39, 0.29) is 18.3 Å². The number of rotatable bonds is 4. The van der Waals surface area contributed by atoms with E-state index in [0.29, 0.717) is 18.0 Å². The molecule has 16 heavy (non-hydrogen) atoms. The number of halogens is 3. The van der Waals surface area contributed by atoms with E-state index in [9.17, 15) is 4.79 Å². The summed E-state index contributed by atoms with van der Waals surface area (Å²) in [6, 6.07) is 5.28. The highest BCUT2D eigenvalue weighted by atomic mass is 79.9. The van der Waals surface area contributed by atoms with E-state index in [2.05, 4.69) is 26.6 Å². The van der Waals surface area contributed by atoms with E-state index in [1.165, 1.54) is 0 Å². The van der Waals surface area contributed by atoms with Gasteiger partial charge in [-0.05, 0) is 41.2 Å². The fourth-order valence-electron chi connectivity index (χ4n) is 1.04. The van der Waals surface area contributed by atoms with Crippen LogP contribution in [-0.2, 0) is 4.79 Å². The molecule has 0 saturated heterocycles. The van der Waals surface area contributed by atoms with Crippen molar-refractivity contribution in [2.45, 2.75) is 6.42 Å². The zero-order valence-electron chi connectivity index (χ0n) is 8.72. The minimum absolute atomic E-state index is 0. The van der Waals surface area contributed by atoms with E-state index in [4.69, 9.17) is 11.6 Å². The van der Waals surface area contributed by atoms with Crippen LogP contribution < -0.4 is 10.6 Å². The first-order valence-corrected chi connectivity index (χ1v) is 5.70. The van der Waals surface area contributed by atoms with E-state index in [0.717, 1.165) is 10.2 Å². The number of hydrogen-bond acceptors (Lipinski definition) is 2. The number of carbonyl (C=O) groups is 1. The van der Waals surface area contributed by atoms with Crippen molar-refractivity contribution in [1.29, 1.82) is 0 Å². The van der Waals surface area contributed by atoms with Crippen LogP contribution in [0, 0.1) is 0 Å². The highest BCUT2D eigenvalue weighted by molar-refractivity contribution is 9.10. The first kappa shape index (κ1) is 15.7. The Hall–Kier alpha value is -0.290. The first-order chi connectivity index (χ1) is 7.13. The lowest BCUT2D eigenvalue weighted by Crippen LogP contribution is -2.18. The van der Waals surface area contributed by atoms with Crippen LogP contribution in [0.15, 0.2) is 22.7 Å². The Bertz CT molecular complexity index is 361. The van der Waals surface area contributed by atoms with Crippen LogP contribution in [-0.4, -0.2) is 19.5 Å². The van der Waals surface area contributed by atoms with Gasteiger partial charge in [-0.1, -0.05) is 11.6 Å². The summed E-state index contributed by atoms with van der Waals surface area (Å²) in [4.78, 5) is 11.4. The van der Waals surface area contributed by atoms with Gasteiger partial charge in [0, 0.05) is 23.1 Å². The molecule has 0 radical (unpaired) electrons. The topological polar surface area (TPSA) is 41.1 Å². The summed E-state index contributed by atoms with van der Waals surface area (Å²) in [7, 11) is 1.81. The lowest BCUT2D eigenvalue weighted by atomic mass is 10.3. The summed E-state index contributed by atoms with van der Waals surface area (Å²) in [6.45, 7) is 0.667. The maximum atomic E-state index is 11.4. The van der Waals surface area contributed by atoms with Gasteiger partial charge in [0.1, 0.15) is 0 Å². The second kappa shape index (κ2) is 7.90. The molecule has 1 aromatic rings. The van der Waals surface area contributed by atoms with Crippen molar-refractivity contribution >= 4 is 51.5 Å². The Balaban J connectivity index is 0.00000225. The third kappa shape index (κ3) is 5.16. The maximum Gasteiger partial charge on any atom is 0.225 e. The van der Waals surface area contributed by atoms with Crippen LogP contribution in [0.1, 0.15) is 6.42 Å². The first-order valence-electron chi connectivity index (χ1n) is 4.53. The van der Waals surface area contributed by atoms with Crippen LogP contribution in [0.4, 0.5) is 5.69 Å². The second-order valence-electron chi connectivity index (χ2n) is 3.03. The summed E-state index contributed by atoms with van der Waals surface area (Å²) in [5, 5.41) is 6.32. The van der Waals surface area contributed by atoms with Gasteiger partial charge in [-0.2, -0.15) is 0 Å². The molecule has 0 aliphatic rings. The van der Waals surface area contributed by atoms with Gasteiger partial charge in [-0.3, -0.25) is 4.79 Å². The largest absolute Gasteiger partial charge is 0.326 e. The van der Waals surface area contributed by atoms with Crippen LogP contribution in [0.25, 0.3) is 0 Å². The minimum atomic E-state index is -0.0152. The molecule has 0 unspecified atom stereocenters. The van der Waals surface area contributed by atoms with Crippen LogP contribution >= 0.6 is 39.9 Å². The Morgan fingerprint density at radius 3 is 2.75 bits per heavy atom. The lowest BCUT2D eigenvalue weighted by Gasteiger charge is -2.05. The van der Waals surface area contributed by atoms with Gasteiger partial charge in [-0.15, -0.1) is 12.4 Å². The molecule has 0 heterocycles. The summed E-state index contributed by atoms with van der Waals surface area (Å²) in [5.74, 6) is -0.0152. The van der Waals surface area contributed by atoms with Crippen molar-refractivity contribution in [3.8, 4) is 0 Å². The normalized spacial score (nSPS) is 9.44. The lowest BCUT2D eigenvalue weighted by molar-refractivity contribution is -0.116. The SMILES string of the molecule is CNCCC(=O)Nc1ccc(Cl)c(Br)c1.Cl. The van der Waals surface area contributed by atoms with Gasteiger partial charge in [0.25, 0.3) is 0 Å². The Kier molecular flexibility index (Phi) is 7.76. The zero-order chi connectivity index (χ0) is 11.3. The molecule has 0 fully saturated rings. The monoisotopic (exact) mass is 326 g/mol. The average Bonchev–Trinajstić information content (AvgIpc) is 2.20. The number of nitrogens with one attached hydrogen (secondary N) is 2. The molecule has 0 aliphatic heterocycles. The molecule has 1 amide bonds. The molecule has 0 aliphatic carbocycles. The van der Waals surface area contributed by atoms with Crippen molar-refractivity contribution in [2.24, 2.45) is 0 Å². The van der Waals surface area contributed by atoms with Gasteiger partial charge < -0.3 is 10.6 Å². The molecule has 0 bridgehead atoms. The smallest absolute Gasteiger partial charge is 0.225 e. The third-order valence-electron chi connectivity index (χ3n) is 1.81. The summed E-state index contributed by atoms with van der Waals surface area (Å²) in [5.41, 5.74) is 0.743. The average molecular weight is 328 g/mol. The van der Waals surface area contributed by atoms with Crippen molar-refractivity contribution in [1.82, 2.24) is 5.32 Å². The molecule has 0 saturated carbocycles. The van der Waals surface area contributed by atoms with Gasteiger partial charge in [0.05, 0.1) is 5.02 Å². The van der Waals surface area contributed by atoms with E-state index < -0.39 is 0 Å². The van der Waals surface area contributed by atoms with E-state index in [1.807, 2.05) is 7.05 Å². The summed E-state index contributed by atoms with van der Waals surface area (Å²) >= 11 is 9.12.